The second kappa shape index (κ2) is 7.52. The first-order valence-electron chi connectivity index (χ1n) is 8.68. The van der Waals surface area contributed by atoms with Crippen LogP contribution in [0, 0.1) is 20.8 Å². The Morgan fingerprint density at radius 2 is 2.04 bits per heavy atom. The van der Waals surface area contributed by atoms with Crippen molar-refractivity contribution in [3.63, 3.8) is 0 Å². The maximum Gasteiger partial charge on any atom is 0.252 e. The van der Waals surface area contributed by atoms with Gasteiger partial charge in [-0.1, -0.05) is 11.6 Å². The molecule has 0 fully saturated rings. The summed E-state index contributed by atoms with van der Waals surface area (Å²) in [4.78, 5) is 21.5. The molecule has 0 radical (unpaired) electrons. The largest absolute Gasteiger partial charge is 0.487 e. The predicted molar refractivity (Wildman–Crippen MR) is 103 cm³/mol. The van der Waals surface area contributed by atoms with E-state index >= 15 is 0 Å². The van der Waals surface area contributed by atoms with Crippen LogP contribution < -0.4 is 10.1 Å². The molecule has 134 valence electrons. The van der Waals surface area contributed by atoms with Gasteiger partial charge < -0.3 is 10.1 Å². The monoisotopic (exact) mass is 349 g/mol. The first-order chi connectivity index (χ1) is 12.5. The Morgan fingerprint density at radius 3 is 2.77 bits per heavy atom. The van der Waals surface area contributed by atoms with Crippen molar-refractivity contribution in [3.05, 3.63) is 65.1 Å². The van der Waals surface area contributed by atoms with Crippen LogP contribution >= 0.6 is 0 Å². The van der Waals surface area contributed by atoms with Crippen molar-refractivity contribution >= 4 is 16.8 Å². The van der Waals surface area contributed by atoms with Gasteiger partial charge in [0.05, 0.1) is 23.8 Å². The van der Waals surface area contributed by atoms with E-state index in [0.29, 0.717) is 17.9 Å². The molecule has 0 unspecified atom stereocenters. The summed E-state index contributed by atoms with van der Waals surface area (Å²) in [6, 6.07) is 9.65. The number of aromatic nitrogens is 2. The fourth-order valence-electron chi connectivity index (χ4n) is 2.90. The van der Waals surface area contributed by atoms with Crippen LogP contribution in [-0.4, -0.2) is 28.5 Å². The van der Waals surface area contributed by atoms with Crippen LogP contribution in [0.2, 0.25) is 0 Å². The number of aryl methyl sites for hydroxylation is 2. The minimum atomic E-state index is -0.167. The lowest BCUT2D eigenvalue weighted by molar-refractivity contribution is 0.0933. The molecule has 0 bridgehead atoms. The molecule has 0 saturated heterocycles. The number of nitrogens with zero attached hydrogens (tertiary/aromatic N) is 2. The lowest BCUT2D eigenvalue weighted by Crippen LogP contribution is -2.34. The zero-order chi connectivity index (χ0) is 18.7. The number of carbonyl (C=O) groups excluding carboxylic acids is 1. The zero-order valence-corrected chi connectivity index (χ0v) is 15.5. The van der Waals surface area contributed by atoms with Gasteiger partial charge in [-0.05, 0) is 57.5 Å². The van der Waals surface area contributed by atoms with Crippen LogP contribution in [0.5, 0.6) is 5.75 Å². The molecular formula is C21H23N3O2. The number of ether oxygens (including phenoxy) is 1. The molecule has 0 saturated carbocycles. The molecule has 2 aromatic heterocycles. The third-order valence-corrected chi connectivity index (χ3v) is 4.38. The maximum atomic E-state index is 12.9. The minimum Gasteiger partial charge on any atom is -0.487 e. The van der Waals surface area contributed by atoms with Gasteiger partial charge in [-0.15, -0.1) is 0 Å². The lowest BCUT2D eigenvalue weighted by atomic mass is 9.99. The van der Waals surface area contributed by atoms with E-state index in [1.54, 1.807) is 12.4 Å². The summed E-state index contributed by atoms with van der Waals surface area (Å²) in [7, 11) is 0. The van der Waals surface area contributed by atoms with Gasteiger partial charge >= 0.3 is 0 Å². The number of nitrogens with one attached hydrogen (secondary N) is 1. The lowest BCUT2D eigenvalue weighted by Gasteiger charge is -2.17. The first kappa shape index (κ1) is 17.9. The highest BCUT2D eigenvalue weighted by molar-refractivity contribution is 6.07. The van der Waals surface area contributed by atoms with Crippen molar-refractivity contribution in [1.82, 2.24) is 15.3 Å². The number of fused-ring (bicyclic) bond motifs is 1. The van der Waals surface area contributed by atoms with E-state index in [-0.39, 0.29) is 12.0 Å². The Balaban J connectivity index is 1.79. The smallest absolute Gasteiger partial charge is 0.252 e. The minimum absolute atomic E-state index is 0.106. The molecule has 1 aromatic carbocycles. The van der Waals surface area contributed by atoms with Crippen molar-refractivity contribution < 1.29 is 9.53 Å². The second-order valence-electron chi connectivity index (χ2n) is 6.55. The van der Waals surface area contributed by atoms with E-state index in [0.717, 1.165) is 27.7 Å². The second-order valence-corrected chi connectivity index (χ2v) is 6.55. The van der Waals surface area contributed by atoms with Gasteiger partial charge in [-0.3, -0.25) is 14.8 Å². The van der Waals surface area contributed by atoms with Crippen LogP contribution in [0.4, 0.5) is 0 Å². The molecule has 26 heavy (non-hydrogen) atoms. The molecule has 5 heteroatoms. The standard InChI is InChI=1S/C21H23N3O2/c1-13-7-8-19-18(10-13)20(15(3)16(4)24-19)21(25)23-11-14(2)26-17-6-5-9-22-12-17/h5-10,12,14H,11H2,1-4H3,(H,23,25)/t14-/m1/s1. The van der Waals surface area contributed by atoms with Crippen molar-refractivity contribution in [2.45, 2.75) is 33.8 Å². The summed E-state index contributed by atoms with van der Waals surface area (Å²) in [5.74, 6) is 0.580. The van der Waals surface area contributed by atoms with E-state index in [1.165, 1.54) is 0 Å². The summed E-state index contributed by atoms with van der Waals surface area (Å²) in [5, 5.41) is 3.87. The van der Waals surface area contributed by atoms with E-state index in [1.807, 2.05) is 58.0 Å². The van der Waals surface area contributed by atoms with Gasteiger partial charge in [-0.2, -0.15) is 0 Å². The van der Waals surface area contributed by atoms with Gasteiger partial charge in [0.25, 0.3) is 5.91 Å². The van der Waals surface area contributed by atoms with Gasteiger partial charge in [0, 0.05) is 17.3 Å². The van der Waals surface area contributed by atoms with E-state index in [9.17, 15) is 4.79 Å². The third kappa shape index (κ3) is 3.82. The Bertz CT molecular complexity index is 939. The zero-order valence-electron chi connectivity index (χ0n) is 15.5. The Kier molecular flexibility index (Phi) is 5.16. The molecule has 3 rings (SSSR count). The van der Waals surface area contributed by atoms with Crippen LogP contribution in [0.3, 0.4) is 0 Å². The number of rotatable bonds is 5. The quantitative estimate of drug-likeness (QED) is 0.762. The number of amides is 1. The first-order valence-corrected chi connectivity index (χ1v) is 8.68. The van der Waals surface area contributed by atoms with Crippen LogP contribution in [-0.2, 0) is 0 Å². The summed E-state index contributed by atoms with van der Waals surface area (Å²) in [6.07, 6.45) is 3.19. The molecular weight excluding hydrogens is 326 g/mol. The van der Waals surface area contributed by atoms with Gasteiger partial charge in [0.2, 0.25) is 0 Å². The molecule has 1 amide bonds. The molecule has 2 heterocycles. The fraction of sp³-hybridized carbons (Fsp3) is 0.286. The van der Waals surface area contributed by atoms with Gasteiger partial charge in [0.15, 0.2) is 0 Å². The molecule has 1 atom stereocenters. The number of hydrogen-bond acceptors (Lipinski definition) is 4. The summed E-state index contributed by atoms with van der Waals surface area (Å²) >= 11 is 0. The molecule has 3 aromatic rings. The Hall–Kier alpha value is -2.95. The van der Waals surface area contributed by atoms with Gasteiger partial charge in [0.1, 0.15) is 11.9 Å². The number of benzene rings is 1. The number of hydrogen-bond donors (Lipinski definition) is 1. The van der Waals surface area contributed by atoms with E-state index in [2.05, 4.69) is 15.3 Å². The van der Waals surface area contributed by atoms with Crippen LogP contribution in [0.25, 0.3) is 10.9 Å². The molecule has 0 spiro atoms. The average molecular weight is 349 g/mol. The van der Waals surface area contributed by atoms with Crippen molar-refractivity contribution in [2.75, 3.05) is 6.54 Å². The molecule has 0 aliphatic rings. The van der Waals surface area contributed by atoms with Crippen molar-refractivity contribution in [3.8, 4) is 5.75 Å². The van der Waals surface area contributed by atoms with Crippen LogP contribution in [0.1, 0.15) is 34.1 Å². The molecule has 0 aliphatic carbocycles. The van der Waals surface area contributed by atoms with E-state index < -0.39 is 0 Å². The van der Waals surface area contributed by atoms with Crippen molar-refractivity contribution in [2.24, 2.45) is 0 Å². The van der Waals surface area contributed by atoms with E-state index in [4.69, 9.17) is 4.74 Å². The number of pyridine rings is 2. The summed E-state index contributed by atoms with van der Waals surface area (Å²) in [6.45, 7) is 8.20. The Morgan fingerprint density at radius 1 is 1.23 bits per heavy atom. The third-order valence-electron chi connectivity index (χ3n) is 4.38. The van der Waals surface area contributed by atoms with Gasteiger partial charge in [-0.25, -0.2) is 0 Å². The fourth-order valence-corrected chi connectivity index (χ4v) is 2.90. The SMILES string of the molecule is Cc1ccc2nc(C)c(C)c(C(=O)NC[C@@H](C)Oc3cccnc3)c2c1. The average Bonchev–Trinajstić information content (AvgIpc) is 2.62. The summed E-state index contributed by atoms with van der Waals surface area (Å²) in [5.41, 5.74) is 4.39. The van der Waals surface area contributed by atoms with Crippen molar-refractivity contribution in [1.29, 1.82) is 0 Å². The molecule has 5 nitrogen and oxygen atoms in total. The molecule has 1 N–H and O–H groups in total. The van der Waals surface area contributed by atoms with Crippen LogP contribution in [0.15, 0.2) is 42.7 Å². The normalized spacial score (nSPS) is 12.0. The summed E-state index contributed by atoms with van der Waals surface area (Å²) < 4.78 is 5.77. The highest BCUT2D eigenvalue weighted by Gasteiger charge is 2.17. The topological polar surface area (TPSA) is 64.1 Å². The highest BCUT2D eigenvalue weighted by atomic mass is 16.5. The highest BCUT2D eigenvalue weighted by Crippen LogP contribution is 2.24. The Labute approximate surface area is 153 Å². The predicted octanol–water partition coefficient (Wildman–Crippen LogP) is 3.75. The number of carbonyl (C=O) groups is 1. The maximum absolute atomic E-state index is 12.9. The molecule has 0 aliphatic heterocycles.